The summed E-state index contributed by atoms with van der Waals surface area (Å²) in [6, 6.07) is 4.72. The molecule has 0 radical (unpaired) electrons. The van der Waals surface area contributed by atoms with Gasteiger partial charge < -0.3 is 10.2 Å². The lowest BCUT2D eigenvalue weighted by Gasteiger charge is -2.31. The molecule has 0 amide bonds. The number of rotatable bonds is 3. The van der Waals surface area contributed by atoms with Gasteiger partial charge in [0, 0.05) is 35.0 Å². The fraction of sp³-hybridized carbons (Fsp3) is 0.500. The third kappa shape index (κ3) is 3.32. The van der Waals surface area contributed by atoms with E-state index >= 15 is 0 Å². The minimum Gasteiger partial charge on any atom is -0.371 e. The molecule has 0 unspecified atom stereocenters. The van der Waals surface area contributed by atoms with Crippen molar-refractivity contribution in [2.75, 3.05) is 23.3 Å². The molecular weight excluding hydrogens is 340 g/mol. The Hall–Kier alpha value is -1.68. The summed E-state index contributed by atoms with van der Waals surface area (Å²) in [5, 5.41) is 3.70. The Balaban J connectivity index is 1.71. The predicted molar refractivity (Wildman–Crippen MR) is 111 cm³/mol. The minimum atomic E-state index is 0.234. The van der Waals surface area contributed by atoms with E-state index in [1.54, 1.807) is 11.8 Å². The van der Waals surface area contributed by atoms with Crippen molar-refractivity contribution in [1.29, 1.82) is 0 Å². The van der Waals surface area contributed by atoms with E-state index in [2.05, 4.69) is 36.2 Å². The van der Waals surface area contributed by atoms with Crippen LogP contribution in [-0.4, -0.2) is 18.9 Å². The van der Waals surface area contributed by atoms with Crippen LogP contribution < -0.4 is 10.2 Å². The number of hydrogen-bond acceptors (Lipinski definition) is 4. The van der Waals surface area contributed by atoms with E-state index in [1.165, 1.54) is 58.1 Å². The van der Waals surface area contributed by atoms with Crippen LogP contribution in [0, 0.1) is 0 Å². The van der Waals surface area contributed by atoms with Crippen molar-refractivity contribution in [3.63, 3.8) is 0 Å². The first-order valence-electron chi connectivity index (χ1n) is 10.0. The smallest absolute Gasteiger partial charge is 0.161 e. The highest BCUT2D eigenvalue weighted by atomic mass is 32.2. The molecule has 4 rings (SSSR count). The molecule has 0 atom stereocenters. The first kappa shape index (κ1) is 17.7. The molecule has 0 aromatic heterocycles. The first-order valence-corrected chi connectivity index (χ1v) is 10.8. The summed E-state index contributed by atoms with van der Waals surface area (Å²) in [5.74, 6) is 0.234. The SMILES string of the molecule is CCC1=CC(=O)CC2=C1Nc1c(CC)cc(N3CCCCCC3)cc1S2. The molecule has 1 fully saturated rings. The van der Waals surface area contributed by atoms with E-state index in [0.717, 1.165) is 31.5 Å². The average Bonchev–Trinajstić information content (AvgIpc) is 2.94. The van der Waals surface area contributed by atoms with Crippen molar-refractivity contribution in [2.45, 2.75) is 63.7 Å². The Labute approximate surface area is 160 Å². The number of ketones is 1. The number of thioether (sulfide) groups is 1. The van der Waals surface area contributed by atoms with Crippen molar-refractivity contribution in [3.8, 4) is 0 Å². The first-order chi connectivity index (χ1) is 12.7. The lowest BCUT2D eigenvalue weighted by atomic mass is 9.98. The zero-order chi connectivity index (χ0) is 18.1. The monoisotopic (exact) mass is 368 g/mol. The number of fused-ring (bicyclic) bond motifs is 1. The lowest BCUT2D eigenvalue weighted by molar-refractivity contribution is -0.114. The molecule has 1 aliphatic carbocycles. The van der Waals surface area contributed by atoms with Crippen LogP contribution in [0.5, 0.6) is 0 Å². The van der Waals surface area contributed by atoms with E-state index in [1.807, 2.05) is 6.08 Å². The largest absolute Gasteiger partial charge is 0.371 e. The number of carbonyl (C=O) groups excluding carboxylic acids is 1. The van der Waals surface area contributed by atoms with E-state index in [-0.39, 0.29) is 5.78 Å². The Morgan fingerprint density at radius 1 is 1.08 bits per heavy atom. The Kier molecular flexibility index (Phi) is 5.12. The van der Waals surface area contributed by atoms with Crippen molar-refractivity contribution >= 4 is 28.9 Å². The molecule has 1 N–H and O–H groups in total. The number of benzene rings is 1. The topological polar surface area (TPSA) is 32.3 Å². The maximum Gasteiger partial charge on any atom is 0.161 e. The summed E-state index contributed by atoms with van der Waals surface area (Å²) in [6.45, 7) is 6.68. The van der Waals surface area contributed by atoms with Crippen LogP contribution in [0.1, 0.15) is 57.9 Å². The van der Waals surface area contributed by atoms with Gasteiger partial charge in [0.25, 0.3) is 0 Å². The number of carbonyl (C=O) groups is 1. The Morgan fingerprint density at radius 2 is 1.85 bits per heavy atom. The van der Waals surface area contributed by atoms with Gasteiger partial charge in [0.05, 0.1) is 11.4 Å². The molecule has 1 aromatic rings. The zero-order valence-electron chi connectivity index (χ0n) is 15.9. The highest BCUT2D eigenvalue weighted by Gasteiger charge is 2.28. The van der Waals surface area contributed by atoms with Gasteiger partial charge in [0.15, 0.2) is 5.78 Å². The molecule has 0 spiro atoms. The van der Waals surface area contributed by atoms with Crippen LogP contribution in [0.2, 0.25) is 0 Å². The molecule has 3 nitrogen and oxygen atoms in total. The van der Waals surface area contributed by atoms with Gasteiger partial charge in [-0.3, -0.25) is 4.79 Å². The normalized spacial score (nSPS) is 20.2. The summed E-state index contributed by atoms with van der Waals surface area (Å²) >= 11 is 1.81. The zero-order valence-corrected chi connectivity index (χ0v) is 16.7. The summed E-state index contributed by atoms with van der Waals surface area (Å²) in [7, 11) is 0. The summed E-state index contributed by atoms with van der Waals surface area (Å²) in [6.07, 6.45) is 9.55. The lowest BCUT2D eigenvalue weighted by Crippen LogP contribution is -2.24. The van der Waals surface area contributed by atoms with E-state index < -0.39 is 0 Å². The number of aryl methyl sites for hydroxylation is 1. The molecule has 1 aromatic carbocycles. The number of hydrogen-bond donors (Lipinski definition) is 1. The average molecular weight is 369 g/mol. The van der Waals surface area contributed by atoms with Gasteiger partial charge in [-0.15, -0.1) is 0 Å². The van der Waals surface area contributed by atoms with Gasteiger partial charge >= 0.3 is 0 Å². The molecule has 0 bridgehead atoms. The van der Waals surface area contributed by atoms with Gasteiger partial charge in [-0.2, -0.15) is 0 Å². The van der Waals surface area contributed by atoms with Crippen LogP contribution in [0.15, 0.2) is 39.3 Å². The summed E-state index contributed by atoms with van der Waals surface area (Å²) in [5.41, 5.74) is 6.32. The van der Waals surface area contributed by atoms with Crippen molar-refractivity contribution < 1.29 is 4.79 Å². The molecule has 2 heterocycles. The number of allylic oxidation sites excluding steroid dienone is 3. The predicted octanol–water partition coefficient (Wildman–Crippen LogP) is 5.67. The quantitative estimate of drug-likeness (QED) is 0.745. The standard InChI is InChI=1S/C22H28N2OS/c1-3-15-11-17(24-9-7-5-6-8-10-24)13-19-21(15)23-22-16(4-2)12-18(25)14-20(22)26-19/h11-13,23H,3-10,14H2,1-2H3. The van der Waals surface area contributed by atoms with Crippen molar-refractivity contribution in [3.05, 3.63) is 39.9 Å². The molecule has 3 aliphatic rings. The molecule has 26 heavy (non-hydrogen) atoms. The van der Waals surface area contributed by atoms with Crippen LogP contribution in [0.25, 0.3) is 0 Å². The van der Waals surface area contributed by atoms with E-state index in [4.69, 9.17) is 0 Å². The highest BCUT2D eigenvalue weighted by Crippen LogP contribution is 2.48. The fourth-order valence-electron chi connectivity index (χ4n) is 4.19. The van der Waals surface area contributed by atoms with Crippen LogP contribution in [-0.2, 0) is 11.2 Å². The second-order valence-electron chi connectivity index (χ2n) is 7.42. The molecule has 1 saturated heterocycles. The fourth-order valence-corrected chi connectivity index (χ4v) is 5.41. The highest BCUT2D eigenvalue weighted by molar-refractivity contribution is 8.03. The molecule has 138 valence electrons. The molecule has 4 heteroatoms. The summed E-state index contributed by atoms with van der Waals surface area (Å²) in [4.78, 5) is 17.1. The van der Waals surface area contributed by atoms with Gasteiger partial charge in [0.1, 0.15) is 0 Å². The molecule has 0 saturated carbocycles. The van der Waals surface area contributed by atoms with E-state index in [9.17, 15) is 4.79 Å². The van der Waals surface area contributed by atoms with Gasteiger partial charge in [-0.1, -0.05) is 38.5 Å². The van der Waals surface area contributed by atoms with Crippen LogP contribution in [0.3, 0.4) is 0 Å². The van der Waals surface area contributed by atoms with Gasteiger partial charge in [0.2, 0.25) is 0 Å². The van der Waals surface area contributed by atoms with Crippen molar-refractivity contribution in [1.82, 2.24) is 0 Å². The third-order valence-corrected chi connectivity index (χ3v) is 6.79. The number of anilines is 2. The Morgan fingerprint density at radius 3 is 2.54 bits per heavy atom. The van der Waals surface area contributed by atoms with Gasteiger partial charge in [-0.05, 0) is 55.0 Å². The molecular formula is C22H28N2OS. The minimum absolute atomic E-state index is 0.234. The molecule has 2 aliphatic heterocycles. The number of nitrogens with zero attached hydrogens (tertiary/aromatic N) is 1. The van der Waals surface area contributed by atoms with E-state index in [0.29, 0.717) is 6.42 Å². The van der Waals surface area contributed by atoms with Crippen LogP contribution >= 0.6 is 11.8 Å². The number of nitrogens with one attached hydrogen (secondary N) is 1. The summed E-state index contributed by atoms with van der Waals surface area (Å²) < 4.78 is 0. The maximum atomic E-state index is 12.1. The van der Waals surface area contributed by atoms with Crippen molar-refractivity contribution in [2.24, 2.45) is 0 Å². The third-order valence-electron chi connectivity index (χ3n) is 5.65. The Bertz CT molecular complexity index is 786. The second kappa shape index (κ2) is 7.51. The maximum absolute atomic E-state index is 12.1. The van der Waals surface area contributed by atoms with Crippen LogP contribution in [0.4, 0.5) is 11.4 Å². The second-order valence-corrected chi connectivity index (χ2v) is 8.56. The van der Waals surface area contributed by atoms with Gasteiger partial charge in [-0.25, -0.2) is 0 Å².